The van der Waals surface area contributed by atoms with Crippen LogP contribution in [-0.4, -0.2) is 37.2 Å². The lowest BCUT2D eigenvalue weighted by Gasteiger charge is -2.22. The van der Waals surface area contributed by atoms with Crippen molar-refractivity contribution >= 4 is 27.3 Å². The van der Waals surface area contributed by atoms with Gasteiger partial charge in [0.05, 0.1) is 5.38 Å². The number of hydrogen-bond donors (Lipinski definition) is 1. The van der Waals surface area contributed by atoms with Gasteiger partial charge in [0, 0.05) is 12.8 Å². The van der Waals surface area contributed by atoms with E-state index in [2.05, 4.69) is 5.32 Å². The Kier molecular flexibility index (Phi) is 3.90. The van der Waals surface area contributed by atoms with Gasteiger partial charge in [0.2, 0.25) is 5.91 Å². The Morgan fingerprint density at radius 3 is 2.38 bits per heavy atom. The van der Waals surface area contributed by atoms with E-state index in [1.807, 2.05) is 0 Å². The average molecular weight is 268 g/mol. The summed E-state index contributed by atoms with van der Waals surface area (Å²) in [5.41, 5.74) is 0. The molecule has 0 aromatic heterocycles. The van der Waals surface area contributed by atoms with E-state index in [4.69, 9.17) is 11.6 Å². The van der Waals surface area contributed by atoms with E-state index in [9.17, 15) is 13.2 Å². The number of carbonyl (C=O) groups excluding carboxylic acids is 1. The Morgan fingerprint density at radius 2 is 2.00 bits per heavy atom. The van der Waals surface area contributed by atoms with Gasteiger partial charge in [-0.25, -0.2) is 8.42 Å². The maximum absolute atomic E-state index is 11.7. The van der Waals surface area contributed by atoms with Gasteiger partial charge in [0.1, 0.15) is 4.75 Å². The molecule has 1 atom stereocenters. The molecule has 1 saturated carbocycles. The molecular formula is C10H18ClNO3S. The average Bonchev–Trinajstić information content (AvgIpc) is 2.94. The molecule has 1 fully saturated rings. The molecule has 0 saturated heterocycles. The first kappa shape index (κ1) is 13.8. The number of hydrogen-bond acceptors (Lipinski definition) is 3. The van der Waals surface area contributed by atoms with Crippen LogP contribution >= 0.6 is 11.6 Å². The second-order valence-corrected chi connectivity index (χ2v) is 7.97. The first-order chi connectivity index (χ1) is 7.16. The summed E-state index contributed by atoms with van der Waals surface area (Å²) < 4.78 is 21.4. The second-order valence-electron chi connectivity index (χ2n) is 4.85. The van der Waals surface area contributed by atoms with E-state index >= 15 is 0 Å². The molecule has 0 aromatic rings. The number of halogens is 1. The molecular weight excluding hydrogens is 250 g/mol. The monoisotopic (exact) mass is 267 g/mol. The van der Waals surface area contributed by atoms with Gasteiger partial charge in [-0.2, -0.15) is 0 Å². The number of nitrogens with one attached hydrogen (secondary N) is 1. The second kappa shape index (κ2) is 4.53. The van der Waals surface area contributed by atoms with Gasteiger partial charge in [-0.3, -0.25) is 4.79 Å². The highest BCUT2D eigenvalue weighted by Gasteiger charge is 2.39. The van der Waals surface area contributed by atoms with Crippen molar-refractivity contribution < 1.29 is 13.2 Å². The summed E-state index contributed by atoms with van der Waals surface area (Å²) in [6.45, 7) is 3.14. The third kappa shape index (κ3) is 3.10. The lowest BCUT2D eigenvalue weighted by atomic mass is 10.2. The summed E-state index contributed by atoms with van der Waals surface area (Å²) in [6, 6.07) is 0. The van der Waals surface area contributed by atoms with Crippen LogP contribution in [0.2, 0.25) is 0 Å². The minimum Gasteiger partial charge on any atom is -0.353 e. The van der Waals surface area contributed by atoms with E-state index in [1.165, 1.54) is 13.8 Å². The Bertz CT molecular complexity index is 374. The molecule has 16 heavy (non-hydrogen) atoms. The number of rotatable bonds is 5. The van der Waals surface area contributed by atoms with Crippen LogP contribution in [0.15, 0.2) is 0 Å². The van der Waals surface area contributed by atoms with Crippen molar-refractivity contribution in [3.05, 3.63) is 0 Å². The number of alkyl halides is 1. The highest BCUT2D eigenvalue weighted by Crippen LogP contribution is 2.35. The molecule has 1 unspecified atom stereocenters. The lowest BCUT2D eigenvalue weighted by molar-refractivity contribution is -0.122. The van der Waals surface area contributed by atoms with E-state index in [0.29, 0.717) is 12.5 Å². The van der Waals surface area contributed by atoms with Gasteiger partial charge in [-0.05, 0) is 32.6 Å². The number of sulfone groups is 1. The van der Waals surface area contributed by atoms with Gasteiger partial charge < -0.3 is 5.32 Å². The summed E-state index contributed by atoms with van der Waals surface area (Å²) in [5, 5.41) is 2.52. The summed E-state index contributed by atoms with van der Waals surface area (Å²) >= 11 is 6.02. The predicted molar refractivity (Wildman–Crippen MR) is 64.3 cm³/mol. The third-order valence-electron chi connectivity index (χ3n) is 3.06. The quantitative estimate of drug-likeness (QED) is 0.754. The minimum absolute atomic E-state index is 0.0840. The summed E-state index contributed by atoms with van der Waals surface area (Å²) in [5.74, 6) is -0.00962. The Morgan fingerprint density at radius 1 is 1.50 bits per heavy atom. The fourth-order valence-corrected chi connectivity index (χ4v) is 1.93. The van der Waals surface area contributed by atoms with Crippen LogP contribution in [0, 0.1) is 5.92 Å². The molecule has 1 N–H and O–H groups in total. The van der Waals surface area contributed by atoms with Crippen molar-refractivity contribution in [2.75, 3.05) is 12.8 Å². The van der Waals surface area contributed by atoms with Gasteiger partial charge >= 0.3 is 0 Å². The number of carbonyl (C=O) groups is 1. The van der Waals surface area contributed by atoms with Crippen molar-refractivity contribution in [3.8, 4) is 0 Å². The van der Waals surface area contributed by atoms with Gasteiger partial charge in [0.15, 0.2) is 9.84 Å². The Labute approximate surface area is 102 Å². The molecule has 1 rings (SSSR count). The van der Waals surface area contributed by atoms with Crippen LogP contribution in [-0.2, 0) is 14.6 Å². The third-order valence-corrected chi connectivity index (χ3v) is 5.61. The summed E-state index contributed by atoms with van der Waals surface area (Å²) in [7, 11) is -3.41. The molecule has 0 aliphatic heterocycles. The van der Waals surface area contributed by atoms with Crippen LogP contribution in [0.4, 0.5) is 0 Å². The maximum atomic E-state index is 11.7. The molecule has 0 spiro atoms. The van der Waals surface area contributed by atoms with E-state index in [1.54, 1.807) is 0 Å². The molecule has 1 amide bonds. The zero-order valence-corrected chi connectivity index (χ0v) is 11.4. The largest absolute Gasteiger partial charge is 0.353 e. The van der Waals surface area contributed by atoms with E-state index < -0.39 is 20.5 Å². The first-order valence-corrected chi connectivity index (χ1v) is 7.61. The fraction of sp³-hybridized carbons (Fsp3) is 0.900. The minimum atomic E-state index is -3.41. The normalized spacial score (nSPS) is 19.2. The molecule has 0 radical (unpaired) electrons. The SMILES string of the molecule is CC(C)(C(=O)NCC(Cl)C1CC1)S(C)(=O)=O. The topological polar surface area (TPSA) is 63.2 Å². The zero-order chi connectivity index (χ0) is 12.6. The van der Waals surface area contributed by atoms with Crippen LogP contribution < -0.4 is 5.32 Å². The van der Waals surface area contributed by atoms with Gasteiger partial charge in [-0.15, -0.1) is 11.6 Å². The molecule has 0 bridgehead atoms. The first-order valence-electron chi connectivity index (χ1n) is 5.28. The lowest BCUT2D eigenvalue weighted by Crippen LogP contribution is -2.49. The molecule has 4 nitrogen and oxygen atoms in total. The zero-order valence-electron chi connectivity index (χ0n) is 9.79. The van der Waals surface area contributed by atoms with Crippen LogP contribution in [0.1, 0.15) is 26.7 Å². The summed E-state index contributed by atoms with van der Waals surface area (Å²) in [4.78, 5) is 11.7. The predicted octanol–water partition coefficient (Wildman–Crippen LogP) is 0.943. The molecule has 94 valence electrons. The maximum Gasteiger partial charge on any atom is 0.240 e. The van der Waals surface area contributed by atoms with Crippen LogP contribution in [0.5, 0.6) is 0 Å². The van der Waals surface area contributed by atoms with Gasteiger partial charge in [0.25, 0.3) is 0 Å². The van der Waals surface area contributed by atoms with Crippen LogP contribution in [0.3, 0.4) is 0 Å². The Balaban J connectivity index is 2.51. The number of amides is 1. The molecule has 6 heteroatoms. The van der Waals surface area contributed by atoms with Crippen molar-refractivity contribution in [2.45, 2.75) is 36.8 Å². The smallest absolute Gasteiger partial charge is 0.240 e. The Hall–Kier alpha value is -0.290. The van der Waals surface area contributed by atoms with E-state index in [-0.39, 0.29) is 5.38 Å². The highest BCUT2D eigenvalue weighted by molar-refractivity contribution is 7.92. The van der Waals surface area contributed by atoms with Gasteiger partial charge in [-0.1, -0.05) is 0 Å². The highest BCUT2D eigenvalue weighted by atomic mass is 35.5. The molecule has 0 heterocycles. The fourth-order valence-electron chi connectivity index (χ4n) is 1.20. The van der Waals surface area contributed by atoms with Crippen LogP contribution in [0.25, 0.3) is 0 Å². The van der Waals surface area contributed by atoms with E-state index in [0.717, 1.165) is 19.1 Å². The van der Waals surface area contributed by atoms with Crippen molar-refractivity contribution in [1.29, 1.82) is 0 Å². The molecule has 1 aliphatic rings. The van der Waals surface area contributed by atoms with Crippen molar-refractivity contribution in [2.24, 2.45) is 5.92 Å². The van der Waals surface area contributed by atoms with Crippen molar-refractivity contribution in [1.82, 2.24) is 5.32 Å². The van der Waals surface area contributed by atoms with Crippen molar-refractivity contribution in [3.63, 3.8) is 0 Å². The molecule has 0 aromatic carbocycles. The standard InChI is InChI=1S/C10H18ClNO3S/c1-10(2,16(3,14)15)9(13)12-6-8(11)7-4-5-7/h7-8H,4-6H2,1-3H3,(H,12,13). The summed E-state index contributed by atoms with van der Waals surface area (Å²) in [6.07, 6.45) is 3.25. The molecule has 1 aliphatic carbocycles.